The summed E-state index contributed by atoms with van der Waals surface area (Å²) in [7, 11) is 0. The van der Waals surface area contributed by atoms with Gasteiger partial charge in [-0.05, 0) is 25.7 Å². The Morgan fingerprint density at radius 3 is 2.76 bits per heavy atom. The second-order valence-electron chi connectivity index (χ2n) is 4.59. The van der Waals surface area contributed by atoms with Crippen molar-refractivity contribution >= 4 is 22.5 Å². The second-order valence-corrected chi connectivity index (χ2v) is 5.77. The molecule has 0 saturated heterocycles. The van der Waals surface area contributed by atoms with Crippen LogP contribution in [-0.2, 0) is 0 Å². The summed E-state index contributed by atoms with van der Waals surface area (Å²) in [6.07, 6.45) is 4.75. The molecule has 2 rings (SSSR count). The number of rotatable bonds is 2. The van der Waals surface area contributed by atoms with Crippen molar-refractivity contribution in [3.63, 3.8) is 0 Å². The van der Waals surface area contributed by atoms with Crippen molar-refractivity contribution in [2.24, 2.45) is 5.92 Å². The van der Waals surface area contributed by atoms with E-state index in [-0.39, 0.29) is 12.1 Å². The quantitative estimate of drug-likeness (QED) is 0.852. The van der Waals surface area contributed by atoms with E-state index in [1.165, 1.54) is 30.6 Å². The van der Waals surface area contributed by atoms with Crippen LogP contribution in [0.1, 0.15) is 37.6 Å². The highest BCUT2D eigenvalue weighted by Crippen LogP contribution is 2.23. The number of aryl methyl sites for hydroxylation is 1. The first kappa shape index (κ1) is 12.3. The average Bonchev–Trinajstić information content (AvgIpc) is 2.67. The third-order valence-corrected chi connectivity index (χ3v) is 3.93. The zero-order valence-corrected chi connectivity index (χ0v) is 11.0. The predicted octanol–water partition coefficient (Wildman–Crippen LogP) is 2.55. The molecule has 2 amide bonds. The first-order valence-corrected chi connectivity index (χ1v) is 6.84. The minimum atomic E-state index is -0.167. The zero-order chi connectivity index (χ0) is 12.3. The van der Waals surface area contributed by atoms with E-state index in [0.717, 1.165) is 11.4 Å². The van der Waals surface area contributed by atoms with Gasteiger partial charge in [0.05, 0.1) is 0 Å². The van der Waals surface area contributed by atoms with Crippen LogP contribution >= 0.6 is 11.3 Å². The smallest absolute Gasteiger partial charge is 0.321 e. The van der Waals surface area contributed by atoms with E-state index in [0.29, 0.717) is 11.0 Å². The molecule has 94 valence electrons. The first-order chi connectivity index (χ1) is 8.15. The number of hydrogen-bond donors (Lipinski definition) is 2. The average molecular weight is 254 g/mol. The zero-order valence-electron chi connectivity index (χ0n) is 10.2. The number of amides is 2. The molecule has 1 fully saturated rings. The van der Waals surface area contributed by atoms with Crippen LogP contribution in [-0.4, -0.2) is 22.3 Å². The molecule has 0 bridgehead atoms. The minimum Gasteiger partial charge on any atom is -0.335 e. The van der Waals surface area contributed by atoms with Crippen molar-refractivity contribution in [1.82, 2.24) is 15.5 Å². The fraction of sp³-hybridized carbons (Fsp3) is 0.727. The van der Waals surface area contributed by atoms with Gasteiger partial charge in [-0.15, -0.1) is 10.2 Å². The van der Waals surface area contributed by atoms with Crippen LogP contribution in [0.15, 0.2) is 0 Å². The number of carbonyl (C=O) groups excluding carboxylic acids is 1. The largest absolute Gasteiger partial charge is 0.335 e. The molecule has 0 aromatic carbocycles. The van der Waals surface area contributed by atoms with Gasteiger partial charge in [-0.2, -0.15) is 0 Å². The Bertz CT molecular complexity index is 393. The van der Waals surface area contributed by atoms with E-state index in [9.17, 15) is 4.79 Å². The van der Waals surface area contributed by atoms with E-state index in [2.05, 4.69) is 27.8 Å². The lowest BCUT2D eigenvalue weighted by molar-refractivity contribution is 0.232. The molecule has 1 aromatic rings. The lowest BCUT2D eigenvalue weighted by Gasteiger charge is -2.29. The van der Waals surface area contributed by atoms with Crippen LogP contribution in [0.4, 0.5) is 9.93 Å². The van der Waals surface area contributed by atoms with E-state index >= 15 is 0 Å². The standard InChI is InChI=1S/C11H18N4OS/c1-7-5-3-4-6-9(7)12-10(16)13-11-15-14-8(2)17-11/h7,9H,3-6H2,1-2H3,(H2,12,13,15,16). The Hall–Kier alpha value is -1.17. The molecule has 0 spiro atoms. The van der Waals surface area contributed by atoms with Crippen LogP contribution in [0.3, 0.4) is 0 Å². The van der Waals surface area contributed by atoms with Crippen molar-refractivity contribution in [2.75, 3.05) is 5.32 Å². The van der Waals surface area contributed by atoms with Crippen molar-refractivity contribution in [3.8, 4) is 0 Å². The Balaban J connectivity index is 1.84. The highest BCUT2D eigenvalue weighted by atomic mass is 32.1. The lowest BCUT2D eigenvalue weighted by atomic mass is 9.86. The number of anilines is 1. The number of carbonyl (C=O) groups is 1. The monoisotopic (exact) mass is 254 g/mol. The summed E-state index contributed by atoms with van der Waals surface area (Å²) < 4.78 is 0. The molecule has 0 radical (unpaired) electrons. The SMILES string of the molecule is Cc1nnc(NC(=O)NC2CCCCC2C)s1. The maximum atomic E-state index is 11.8. The van der Waals surface area contributed by atoms with Gasteiger partial charge in [-0.3, -0.25) is 5.32 Å². The molecular formula is C11H18N4OS. The van der Waals surface area contributed by atoms with E-state index < -0.39 is 0 Å². The van der Waals surface area contributed by atoms with Gasteiger partial charge in [0.1, 0.15) is 5.01 Å². The highest BCUT2D eigenvalue weighted by molar-refractivity contribution is 7.15. The summed E-state index contributed by atoms with van der Waals surface area (Å²) in [5, 5.41) is 14.9. The van der Waals surface area contributed by atoms with Crippen molar-refractivity contribution in [3.05, 3.63) is 5.01 Å². The van der Waals surface area contributed by atoms with Gasteiger partial charge in [0.25, 0.3) is 0 Å². The molecule has 0 aliphatic heterocycles. The predicted molar refractivity (Wildman–Crippen MR) is 68.2 cm³/mol. The summed E-state index contributed by atoms with van der Waals surface area (Å²) >= 11 is 1.38. The van der Waals surface area contributed by atoms with Crippen molar-refractivity contribution in [2.45, 2.75) is 45.6 Å². The topological polar surface area (TPSA) is 66.9 Å². The normalized spacial score (nSPS) is 24.4. The number of hydrogen-bond acceptors (Lipinski definition) is 4. The van der Waals surface area contributed by atoms with Crippen molar-refractivity contribution < 1.29 is 4.79 Å². The third-order valence-electron chi connectivity index (χ3n) is 3.17. The molecule has 1 aliphatic rings. The van der Waals surface area contributed by atoms with Crippen LogP contribution in [0.25, 0.3) is 0 Å². The molecule has 6 heteroatoms. The summed E-state index contributed by atoms with van der Waals surface area (Å²) in [6.45, 7) is 4.06. The van der Waals surface area contributed by atoms with E-state index in [1.807, 2.05) is 6.92 Å². The molecule has 1 aliphatic carbocycles. The van der Waals surface area contributed by atoms with Crippen LogP contribution in [0.5, 0.6) is 0 Å². The van der Waals surface area contributed by atoms with Crippen LogP contribution in [0.2, 0.25) is 0 Å². The summed E-state index contributed by atoms with van der Waals surface area (Å²) in [4.78, 5) is 11.8. The van der Waals surface area contributed by atoms with Crippen LogP contribution < -0.4 is 10.6 Å². The Labute approximate surface area is 105 Å². The Kier molecular flexibility index (Phi) is 3.93. The molecule has 2 N–H and O–H groups in total. The molecule has 5 nitrogen and oxygen atoms in total. The summed E-state index contributed by atoms with van der Waals surface area (Å²) in [6, 6.07) is 0.123. The molecular weight excluding hydrogens is 236 g/mol. The van der Waals surface area contributed by atoms with E-state index in [4.69, 9.17) is 0 Å². The molecule has 17 heavy (non-hydrogen) atoms. The first-order valence-electron chi connectivity index (χ1n) is 6.03. The Morgan fingerprint density at radius 1 is 1.35 bits per heavy atom. The Morgan fingerprint density at radius 2 is 2.12 bits per heavy atom. The molecule has 1 heterocycles. The van der Waals surface area contributed by atoms with Gasteiger partial charge in [0.15, 0.2) is 0 Å². The van der Waals surface area contributed by atoms with Gasteiger partial charge in [-0.25, -0.2) is 4.79 Å². The fourth-order valence-corrected chi connectivity index (χ4v) is 2.77. The van der Waals surface area contributed by atoms with Gasteiger partial charge in [0, 0.05) is 6.04 Å². The van der Waals surface area contributed by atoms with Crippen molar-refractivity contribution in [1.29, 1.82) is 0 Å². The molecule has 1 saturated carbocycles. The van der Waals surface area contributed by atoms with Gasteiger partial charge < -0.3 is 5.32 Å². The number of nitrogens with one attached hydrogen (secondary N) is 2. The lowest BCUT2D eigenvalue weighted by Crippen LogP contribution is -2.43. The third kappa shape index (κ3) is 3.39. The fourth-order valence-electron chi connectivity index (χ4n) is 2.18. The molecule has 1 aromatic heterocycles. The molecule has 2 unspecified atom stereocenters. The summed E-state index contributed by atoms with van der Waals surface area (Å²) in [5.41, 5.74) is 0. The van der Waals surface area contributed by atoms with E-state index in [1.54, 1.807) is 0 Å². The maximum absolute atomic E-state index is 11.8. The number of nitrogens with zero attached hydrogens (tertiary/aromatic N) is 2. The van der Waals surface area contributed by atoms with Gasteiger partial charge in [0.2, 0.25) is 5.13 Å². The maximum Gasteiger partial charge on any atom is 0.321 e. The van der Waals surface area contributed by atoms with Gasteiger partial charge >= 0.3 is 6.03 Å². The molecule has 2 atom stereocenters. The van der Waals surface area contributed by atoms with Crippen LogP contribution in [0, 0.1) is 12.8 Å². The minimum absolute atomic E-state index is 0.167. The number of aromatic nitrogens is 2. The summed E-state index contributed by atoms with van der Waals surface area (Å²) in [5.74, 6) is 0.561. The van der Waals surface area contributed by atoms with Gasteiger partial charge in [-0.1, -0.05) is 31.1 Å². The number of urea groups is 1. The second kappa shape index (κ2) is 5.44. The highest BCUT2D eigenvalue weighted by Gasteiger charge is 2.22.